The Morgan fingerprint density at radius 1 is 1.35 bits per heavy atom. The molecule has 1 heterocycles. The van der Waals surface area contributed by atoms with Gasteiger partial charge in [-0.05, 0) is 25.0 Å². The van der Waals surface area contributed by atoms with Crippen LogP contribution in [-0.4, -0.2) is 34.8 Å². The van der Waals surface area contributed by atoms with Crippen molar-refractivity contribution in [2.75, 3.05) is 13.1 Å². The van der Waals surface area contributed by atoms with Gasteiger partial charge in [0, 0.05) is 36.5 Å². The first kappa shape index (κ1) is 15.1. The highest BCUT2D eigenvalue weighted by molar-refractivity contribution is 6.37. The average molecular weight is 315 g/mol. The van der Waals surface area contributed by atoms with E-state index in [1.54, 1.807) is 30.0 Å². The molecule has 0 aromatic heterocycles. The Balaban J connectivity index is 2.16. The van der Waals surface area contributed by atoms with E-state index in [-0.39, 0.29) is 11.8 Å². The maximum Gasteiger partial charge on any atom is 0.219 e. The van der Waals surface area contributed by atoms with Crippen LogP contribution in [-0.2, 0) is 4.79 Å². The van der Waals surface area contributed by atoms with Crippen molar-refractivity contribution in [2.24, 2.45) is 11.1 Å². The number of carbonyl (C=O) groups excluding carboxylic acids is 1. The molecule has 1 N–H and O–H groups in total. The van der Waals surface area contributed by atoms with Crippen LogP contribution in [0, 0.1) is 5.92 Å². The third kappa shape index (κ3) is 3.25. The van der Waals surface area contributed by atoms with E-state index in [2.05, 4.69) is 5.16 Å². The van der Waals surface area contributed by atoms with E-state index in [0.717, 1.165) is 12.8 Å². The number of nitrogens with zero attached hydrogens (tertiary/aromatic N) is 2. The number of amides is 1. The van der Waals surface area contributed by atoms with E-state index in [0.29, 0.717) is 34.4 Å². The fourth-order valence-corrected chi connectivity index (χ4v) is 3.03. The Morgan fingerprint density at radius 2 is 2.00 bits per heavy atom. The highest BCUT2D eigenvalue weighted by atomic mass is 35.5. The number of piperidine rings is 1. The number of benzene rings is 1. The quantitative estimate of drug-likeness (QED) is 0.516. The number of halogens is 2. The van der Waals surface area contributed by atoms with Gasteiger partial charge in [0.15, 0.2) is 0 Å². The molecule has 1 aromatic carbocycles. The Bertz CT molecular complexity index is 538. The minimum absolute atomic E-state index is 0.0791. The summed E-state index contributed by atoms with van der Waals surface area (Å²) in [6, 6.07) is 5.12. The fraction of sp³-hybridized carbons (Fsp3) is 0.429. The second kappa shape index (κ2) is 6.46. The Labute approximate surface area is 128 Å². The summed E-state index contributed by atoms with van der Waals surface area (Å²) in [6.07, 6.45) is 1.52. The summed E-state index contributed by atoms with van der Waals surface area (Å²) in [7, 11) is 0. The van der Waals surface area contributed by atoms with E-state index >= 15 is 0 Å². The van der Waals surface area contributed by atoms with Gasteiger partial charge in [-0.3, -0.25) is 4.79 Å². The molecule has 1 aliphatic heterocycles. The van der Waals surface area contributed by atoms with Crippen LogP contribution in [0.5, 0.6) is 0 Å². The van der Waals surface area contributed by atoms with Gasteiger partial charge in [-0.15, -0.1) is 0 Å². The highest BCUT2D eigenvalue weighted by Gasteiger charge is 2.26. The van der Waals surface area contributed by atoms with Crippen molar-refractivity contribution in [1.82, 2.24) is 4.90 Å². The first-order valence-electron chi connectivity index (χ1n) is 6.45. The summed E-state index contributed by atoms with van der Waals surface area (Å²) in [6.45, 7) is 2.91. The SMILES string of the molecule is CC(=O)N1CCC(/C(=N\O)c2ccc(Cl)cc2Cl)CC1. The maximum atomic E-state index is 11.3. The van der Waals surface area contributed by atoms with Gasteiger partial charge < -0.3 is 10.1 Å². The zero-order chi connectivity index (χ0) is 14.7. The smallest absolute Gasteiger partial charge is 0.219 e. The molecule has 1 saturated heterocycles. The number of hydrogen-bond donors (Lipinski definition) is 1. The van der Waals surface area contributed by atoms with E-state index in [1.807, 2.05) is 0 Å². The lowest BCUT2D eigenvalue weighted by atomic mass is 9.88. The molecule has 0 unspecified atom stereocenters. The molecule has 0 atom stereocenters. The predicted octanol–water partition coefficient (Wildman–Crippen LogP) is 3.43. The van der Waals surface area contributed by atoms with Gasteiger partial charge in [-0.2, -0.15) is 0 Å². The van der Waals surface area contributed by atoms with Gasteiger partial charge in [-0.25, -0.2) is 0 Å². The third-order valence-electron chi connectivity index (χ3n) is 3.64. The number of oxime groups is 1. The molecule has 108 valence electrons. The first-order valence-corrected chi connectivity index (χ1v) is 7.21. The summed E-state index contributed by atoms with van der Waals surface area (Å²) in [5.74, 6) is 0.171. The molecular weight excluding hydrogens is 299 g/mol. The van der Waals surface area contributed by atoms with Crippen molar-refractivity contribution in [1.29, 1.82) is 0 Å². The topological polar surface area (TPSA) is 52.9 Å². The molecule has 0 saturated carbocycles. The van der Waals surface area contributed by atoms with Crippen molar-refractivity contribution in [3.8, 4) is 0 Å². The van der Waals surface area contributed by atoms with E-state index in [9.17, 15) is 10.0 Å². The van der Waals surface area contributed by atoms with Crippen LogP contribution >= 0.6 is 23.2 Å². The summed E-state index contributed by atoms with van der Waals surface area (Å²) in [5.41, 5.74) is 1.26. The van der Waals surface area contributed by atoms with Crippen molar-refractivity contribution >= 4 is 34.8 Å². The van der Waals surface area contributed by atoms with Gasteiger partial charge in [0.1, 0.15) is 0 Å². The number of likely N-dealkylation sites (tertiary alicyclic amines) is 1. The van der Waals surface area contributed by atoms with Crippen LogP contribution in [0.25, 0.3) is 0 Å². The molecule has 1 aromatic rings. The van der Waals surface area contributed by atoms with Crippen LogP contribution < -0.4 is 0 Å². The van der Waals surface area contributed by atoms with Gasteiger partial charge in [0.05, 0.1) is 10.7 Å². The summed E-state index contributed by atoms with van der Waals surface area (Å²) >= 11 is 12.0. The lowest BCUT2D eigenvalue weighted by Gasteiger charge is -2.31. The molecular formula is C14H16Cl2N2O2. The van der Waals surface area contributed by atoms with Crippen LogP contribution in [0.1, 0.15) is 25.3 Å². The van der Waals surface area contributed by atoms with Gasteiger partial charge >= 0.3 is 0 Å². The van der Waals surface area contributed by atoms with E-state index in [1.165, 1.54) is 0 Å². The summed E-state index contributed by atoms with van der Waals surface area (Å²) in [5, 5.41) is 13.8. The van der Waals surface area contributed by atoms with Gasteiger partial charge in [0.2, 0.25) is 5.91 Å². The molecule has 0 bridgehead atoms. The zero-order valence-electron chi connectivity index (χ0n) is 11.1. The number of carbonyl (C=O) groups is 1. The maximum absolute atomic E-state index is 11.3. The predicted molar refractivity (Wildman–Crippen MR) is 79.8 cm³/mol. The van der Waals surface area contributed by atoms with Crippen LogP contribution in [0.2, 0.25) is 10.0 Å². The lowest BCUT2D eigenvalue weighted by molar-refractivity contribution is -0.129. The van der Waals surface area contributed by atoms with Crippen LogP contribution in [0.3, 0.4) is 0 Å². The Kier molecular flexibility index (Phi) is 4.89. The Morgan fingerprint density at radius 3 is 2.50 bits per heavy atom. The molecule has 1 amide bonds. The molecule has 0 radical (unpaired) electrons. The first-order chi connectivity index (χ1) is 9.52. The highest BCUT2D eigenvalue weighted by Crippen LogP contribution is 2.28. The second-order valence-corrected chi connectivity index (χ2v) is 5.73. The molecule has 4 nitrogen and oxygen atoms in total. The monoisotopic (exact) mass is 314 g/mol. The summed E-state index contributed by atoms with van der Waals surface area (Å²) < 4.78 is 0. The molecule has 0 spiro atoms. The zero-order valence-corrected chi connectivity index (χ0v) is 12.7. The number of hydrogen-bond acceptors (Lipinski definition) is 3. The minimum Gasteiger partial charge on any atom is -0.411 e. The van der Waals surface area contributed by atoms with E-state index < -0.39 is 0 Å². The second-order valence-electron chi connectivity index (χ2n) is 4.89. The normalized spacial score (nSPS) is 17.4. The largest absolute Gasteiger partial charge is 0.411 e. The van der Waals surface area contributed by atoms with Crippen molar-refractivity contribution in [3.05, 3.63) is 33.8 Å². The van der Waals surface area contributed by atoms with Crippen LogP contribution in [0.15, 0.2) is 23.4 Å². The Hall–Kier alpha value is -1.26. The van der Waals surface area contributed by atoms with Gasteiger partial charge in [-0.1, -0.05) is 34.4 Å². The van der Waals surface area contributed by atoms with Crippen molar-refractivity contribution in [2.45, 2.75) is 19.8 Å². The number of rotatable bonds is 2. The van der Waals surface area contributed by atoms with E-state index in [4.69, 9.17) is 23.2 Å². The standard InChI is InChI=1S/C14H16Cl2N2O2/c1-9(19)18-6-4-10(5-7-18)14(17-20)12-3-2-11(15)8-13(12)16/h2-3,8,10,20H,4-7H2,1H3/b17-14+. The lowest BCUT2D eigenvalue weighted by Crippen LogP contribution is -2.39. The van der Waals surface area contributed by atoms with Crippen molar-refractivity contribution < 1.29 is 10.0 Å². The van der Waals surface area contributed by atoms with Gasteiger partial charge in [0.25, 0.3) is 0 Å². The molecule has 20 heavy (non-hydrogen) atoms. The molecule has 0 aliphatic carbocycles. The molecule has 6 heteroatoms. The van der Waals surface area contributed by atoms with Crippen LogP contribution in [0.4, 0.5) is 0 Å². The summed E-state index contributed by atoms with van der Waals surface area (Å²) in [4.78, 5) is 13.1. The van der Waals surface area contributed by atoms with Crippen molar-refractivity contribution in [3.63, 3.8) is 0 Å². The third-order valence-corrected chi connectivity index (χ3v) is 4.19. The molecule has 2 rings (SSSR count). The fourth-order valence-electron chi connectivity index (χ4n) is 2.52. The average Bonchev–Trinajstić information content (AvgIpc) is 2.42. The molecule has 1 fully saturated rings. The molecule has 1 aliphatic rings. The minimum atomic E-state index is 0.0791.